The molecule has 0 amide bonds. The molecule has 6 heteroatoms. The van der Waals surface area contributed by atoms with E-state index in [0.717, 1.165) is 42.7 Å². The molecule has 1 aliphatic rings. The van der Waals surface area contributed by atoms with Crippen molar-refractivity contribution in [1.29, 1.82) is 0 Å². The van der Waals surface area contributed by atoms with Crippen molar-refractivity contribution in [2.75, 3.05) is 11.5 Å². The molecule has 3 rings (SSSR count). The van der Waals surface area contributed by atoms with Crippen LogP contribution >= 0.6 is 0 Å². The summed E-state index contributed by atoms with van der Waals surface area (Å²) in [5.74, 6) is 0.0174. The van der Waals surface area contributed by atoms with E-state index in [1.54, 1.807) is 48.5 Å². The van der Waals surface area contributed by atoms with Crippen LogP contribution in [0.15, 0.2) is 48.5 Å². The Balaban J connectivity index is 1.42. The van der Waals surface area contributed by atoms with Crippen LogP contribution in [0.3, 0.4) is 0 Å². The van der Waals surface area contributed by atoms with Crippen molar-refractivity contribution in [1.82, 2.24) is 0 Å². The van der Waals surface area contributed by atoms with Gasteiger partial charge in [0, 0.05) is 17.5 Å². The first-order valence-corrected chi connectivity index (χ1v) is 12.2. The molecule has 0 aliphatic heterocycles. The van der Waals surface area contributed by atoms with Gasteiger partial charge in [-0.05, 0) is 79.1 Å². The molecule has 0 spiro atoms. The predicted octanol–water partition coefficient (Wildman–Crippen LogP) is 5.90. The largest absolute Gasteiger partial charge is 0.459 e. The van der Waals surface area contributed by atoms with Gasteiger partial charge < -0.3 is 20.9 Å². The number of ether oxygens (including phenoxy) is 2. The molecule has 0 unspecified atom stereocenters. The third-order valence-corrected chi connectivity index (χ3v) is 6.26. The van der Waals surface area contributed by atoms with E-state index in [1.807, 2.05) is 0 Å². The molecular formula is C28H36N2O4. The number of carbonyl (C=O) groups excluding carboxylic acids is 2. The molecule has 0 atom stereocenters. The zero-order valence-corrected chi connectivity index (χ0v) is 20.0. The van der Waals surface area contributed by atoms with Crippen molar-refractivity contribution in [2.45, 2.75) is 71.0 Å². The Kier molecular flexibility index (Phi) is 9.56. The summed E-state index contributed by atoms with van der Waals surface area (Å²) in [6.45, 7) is 2.32. The molecular weight excluding hydrogens is 428 g/mol. The number of unbranched alkanes of at least 4 members (excludes halogenated alkanes) is 2. The van der Waals surface area contributed by atoms with Crippen molar-refractivity contribution in [3.8, 4) is 0 Å². The molecule has 1 fully saturated rings. The minimum Gasteiger partial charge on any atom is -0.459 e. The van der Waals surface area contributed by atoms with Crippen LogP contribution in [0.2, 0.25) is 0 Å². The summed E-state index contributed by atoms with van der Waals surface area (Å²) in [4.78, 5) is 24.5. The molecule has 34 heavy (non-hydrogen) atoms. The second-order valence-electron chi connectivity index (χ2n) is 9.11. The smallest absolute Gasteiger partial charge is 0.338 e. The van der Waals surface area contributed by atoms with E-state index >= 15 is 0 Å². The average Bonchev–Trinajstić information content (AvgIpc) is 2.82. The molecule has 1 saturated carbocycles. The molecule has 2 aromatic carbocycles. The van der Waals surface area contributed by atoms with E-state index in [4.69, 9.17) is 20.9 Å². The second kappa shape index (κ2) is 12.8. The lowest BCUT2D eigenvalue weighted by molar-refractivity contribution is -0.138. The van der Waals surface area contributed by atoms with E-state index in [1.165, 1.54) is 31.8 Å². The number of rotatable bonds is 10. The summed E-state index contributed by atoms with van der Waals surface area (Å²) in [7, 11) is 0. The maximum atomic E-state index is 12.5. The number of hydrogen-bond acceptors (Lipinski definition) is 6. The SMILES string of the molecule is CCCCCC1CCC(OC(=O)c2ccc(C=CC(=O)OCc3cc(N)cc(N)c3)cc2)CC1. The summed E-state index contributed by atoms with van der Waals surface area (Å²) >= 11 is 0. The van der Waals surface area contributed by atoms with Crippen LogP contribution in [0.25, 0.3) is 6.08 Å². The van der Waals surface area contributed by atoms with Gasteiger partial charge in [0.1, 0.15) is 12.7 Å². The van der Waals surface area contributed by atoms with Gasteiger partial charge in [0.15, 0.2) is 0 Å². The maximum absolute atomic E-state index is 12.5. The fraction of sp³-hybridized carbons (Fsp3) is 0.429. The van der Waals surface area contributed by atoms with Gasteiger partial charge in [0.2, 0.25) is 0 Å². The zero-order chi connectivity index (χ0) is 24.3. The zero-order valence-electron chi connectivity index (χ0n) is 20.0. The van der Waals surface area contributed by atoms with E-state index in [0.29, 0.717) is 16.9 Å². The second-order valence-corrected chi connectivity index (χ2v) is 9.11. The van der Waals surface area contributed by atoms with Gasteiger partial charge in [-0.25, -0.2) is 9.59 Å². The number of benzene rings is 2. The number of nitrogens with two attached hydrogens (primary N) is 2. The number of anilines is 2. The average molecular weight is 465 g/mol. The molecule has 4 N–H and O–H groups in total. The lowest BCUT2D eigenvalue weighted by Crippen LogP contribution is -2.24. The van der Waals surface area contributed by atoms with Gasteiger partial charge in [-0.1, -0.05) is 44.7 Å². The number of esters is 2. The highest BCUT2D eigenvalue weighted by Gasteiger charge is 2.24. The van der Waals surface area contributed by atoms with E-state index in [2.05, 4.69) is 6.92 Å². The molecule has 0 saturated heterocycles. The minimum absolute atomic E-state index is 0.0135. The summed E-state index contributed by atoms with van der Waals surface area (Å²) in [5.41, 5.74) is 14.6. The fourth-order valence-corrected chi connectivity index (χ4v) is 4.37. The monoisotopic (exact) mass is 464 g/mol. The summed E-state index contributed by atoms with van der Waals surface area (Å²) in [6, 6.07) is 12.1. The van der Waals surface area contributed by atoms with Crippen LogP contribution in [0.4, 0.5) is 11.4 Å². The number of carbonyl (C=O) groups is 2. The summed E-state index contributed by atoms with van der Waals surface area (Å²) in [5, 5.41) is 0. The molecule has 0 heterocycles. The highest BCUT2D eigenvalue weighted by atomic mass is 16.5. The Morgan fingerprint density at radius 1 is 0.971 bits per heavy atom. The number of hydrogen-bond donors (Lipinski definition) is 2. The maximum Gasteiger partial charge on any atom is 0.338 e. The Labute approximate surface area is 202 Å². The standard InChI is InChI=1S/C28H36N2O4/c1-2-3-4-5-20-8-13-26(14-9-20)34-28(32)23-11-6-21(7-12-23)10-15-27(31)33-19-22-16-24(29)18-25(30)17-22/h6-7,10-12,15-18,20,26H,2-5,8-9,13-14,19,29-30H2,1H3. The van der Waals surface area contributed by atoms with Gasteiger partial charge in [0.25, 0.3) is 0 Å². The van der Waals surface area contributed by atoms with Gasteiger partial charge in [-0.15, -0.1) is 0 Å². The lowest BCUT2D eigenvalue weighted by atomic mass is 9.84. The molecule has 0 bridgehead atoms. The third-order valence-electron chi connectivity index (χ3n) is 6.26. The molecule has 0 aromatic heterocycles. The highest BCUT2D eigenvalue weighted by molar-refractivity contribution is 5.90. The van der Waals surface area contributed by atoms with Crippen molar-refractivity contribution < 1.29 is 19.1 Å². The molecule has 6 nitrogen and oxygen atoms in total. The van der Waals surface area contributed by atoms with Crippen molar-refractivity contribution in [3.05, 3.63) is 65.2 Å². The molecule has 2 aromatic rings. The van der Waals surface area contributed by atoms with E-state index in [-0.39, 0.29) is 18.7 Å². The van der Waals surface area contributed by atoms with Crippen LogP contribution < -0.4 is 11.5 Å². The van der Waals surface area contributed by atoms with Crippen molar-refractivity contribution in [2.24, 2.45) is 5.92 Å². The van der Waals surface area contributed by atoms with Crippen LogP contribution in [0.5, 0.6) is 0 Å². The van der Waals surface area contributed by atoms with Crippen LogP contribution in [-0.4, -0.2) is 18.0 Å². The fourth-order valence-electron chi connectivity index (χ4n) is 4.37. The van der Waals surface area contributed by atoms with Crippen LogP contribution in [-0.2, 0) is 20.9 Å². The quantitative estimate of drug-likeness (QED) is 0.196. The first-order valence-electron chi connectivity index (χ1n) is 12.2. The van der Waals surface area contributed by atoms with Crippen molar-refractivity contribution >= 4 is 29.4 Å². The van der Waals surface area contributed by atoms with Crippen LogP contribution in [0.1, 0.15) is 79.8 Å². The lowest BCUT2D eigenvalue weighted by Gasteiger charge is -2.28. The number of nitrogen functional groups attached to an aromatic ring is 2. The van der Waals surface area contributed by atoms with Gasteiger partial charge in [-0.3, -0.25) is 0 Å². The molecule has 1 aliphatic carbocycles. The highest BCUT2D eigenvalue weighted by Crippen LogP contribution is 2.30. The third kappa shape index (κ3) is 8.25. The Hall–Kier alpha value is -3.28. The Bertz CT molecular complexity index is 956. The van der Waals surface area contributed by atoms with Crippen molar-refractivity contribution in [3.63, 3.8) is 0 Å². The predicted molar refractivity (Wildman–Crippen MR) is 136 cm³/mol. The minimum atomic E-state index is -0.477. The summed E-state index contributed by atoms with van der Waals surface area (Å²) in [6.07, 6.45) is 12.4. The van der Waals surface area contributed by atoms with Gasteiger partial charge in [0.05, 0.1) is 5.56 Å². The first-order chi connectivity index (χ1) is 16.4. The van der Waals surface area contributed by atoms with E-state index in [9.17, 15) is 9.59 Å². The van der Waals surface area contributed by atoms with Gasteiger partial charge in [-0.2, -0.15) is 0 Å². The van der Waals surface area contributed by atoms with E-state index < -0.39 is 5.97 Å². The normalized spacial score (nSPS) is 18.0. The Morgan fingerprint density at radius 2 is 1.65 bits per heavy atom. The van der Waals surface area contributed by atoms with Gasteiger partial charge >= 0.3 is 11.9 Å². The Morgan fingerprint density at radius 3 is 2.29 bits per heavy atom. The molecule has 182 valence electrons. The first kappa shape index (κ1) is 25.3. The summed E-state index contributed by atoms with van der Waals surface area (Å²) < 4.78 is 11.0. The van der Waals surface area contributed by atoms with Crippen LogP contribution in [0, 0.1) is 5.92 Å². The topological polar surface area (TPSA) is 105 Å². The molecule has 0 radical (unpaired) electrons.